The molecule has 1 amide bonds. The molecule has 3 rings (SSSR count). The minimum atomic E-state index is -0.589. The highest BCUT2D eigenvalue weighted by Crippen LogP contribution is 2.23. The summed E-state index contributed by atoms with van der Waals surface area (Å²) < 4.78 is 15.0. The summed E-state index contributed by atoms with van der Waals surface area (Å²) in [6.07, 6.45) is 1.26. The van der Waals surface area contributed by atoms with Crippen molar-refractivity contribution in [3.05, 3.63) is 57.8 Å². The number of hydrogen-bond donors (Lipinski definition) is 1. The number of hydrogen-bond acceptors (Lipinski definition) is 5. The van der Waals surface area contributed by atoms with Crippen molar-refractivity contribution in [2.45, 2.75) is 19.5 Å². The number of carbonyl (C=O) groups is 1. The second-order valence-electron chi connectivity index (χ2n) is 5.89. The van der Waals surface area contributed by atoms with Gasteiger partial charge in [-0.2, -0.15) is 0 Å². The van der Waals surface area contributed by atoms with Gasteiger partial charge in [0.05, 0.1) is 6.04 Å². The number of benzene rings is 1. The maximum atomic E-state index is 13.5. The van der Waals surface area contributed by atoms with Gasteiger partial charge in [-0.25, -0.2) is 4.39 Å². The smallest absolute Gasteiger partial charge is 0.358 e. The fraction of sp³-hybridized carbons (Fsp3) is 0.375. The molecule has 10 heteroatoms. The third-order valence-electron chi connectivity index (χ3n) is 4.25. The maximum Gasteiger partial charge on any atom is 0.381 e. The van der Waals surface area contributed by atoms with Gasteiger partial charge < -0.3 is 20.3 Å². The van der Waals surface area contributed by atoms with E-state index in [2.05, 4.69) is 10.3 Å². The van der Waals surface area contributed by atoms with Crippen molar-refractivity contribution in [1.29, 1.82) is 0 Å². The molecule has 0 aliphatic carbocycles. The Balaban J connectivity index is 0.00000243. The Bertz CT molecular complexity index is 813. The van der Waals surface area contributed by atoms with E-state index < -0.39 is 4.92 Å². The normalized spacial score (nSPS) is 16.8. The van der Waals surface area contributed by atoms with Crippen LogP contribution in [0.15, 0.2) is 30.5 Å². The van der Waals surface area contributed by atoms with Crippen LogP contribution < -0.4 is 5.32 Å². The Hall–Kier alpha value is -2.52. The number of piperazine rings is 1. The molecule has 1 fully saturated rings. The van der Waals surface area contributed by atoms with E-state index >= 15 is 0 Å². The standard InChI is InChI=1S/C16H18FN5O3.ClH/c1-11-19-15(22(24)25)9-20(11)10-16(23)21-6-5-18-8-14(21)12-3-2-4-13(17)7-12;/h2-4,7,9,14,18H,5-6,8,10H2,1H3;1H. The van der Waals surface area contributed by atoms with Gasteiger partial charge in [0.1, 0.15) is 18.6 Å². The number of aromatic nitrogens is 2. The van der Waals surface area contributed by atoms with E-state index in [1.807, 2.05) is 0 Å². The van der Waals surface area contributed by atoms with Crippen molar-refractivity contribution in [2.24, 2.45) is 0 Å². The molecular weight excluding hydrogens is 365 g/mol. The van der Waals surface area contributed by atoms with Crippen LogP contribution in [0.2, 0.25) is 0 Å². The lowest BCUT2D eigenvalue weighted by Gasteiger charge is -2.36. The topological polar surface area (TPSA) is 93.3 Å². The monoisotopic (exact) mass is 383 g/mol. The van der Waals surface area contributed by atoms with E-state index in [0.29, 0.717) is 31.0 Å². The van der Waals surface area contributed by atoms with Crippen molar-refractivity contribution >= 4 is 24.1 Å². The predicted molar refractivity (Wildman–Crippen MR) is 94.6 cm³/mol. The summed E-state index contributed by atoms with van der Waals surface area (Å²) in [4.78, 5) is 28.5. The van der Waals surface area contributed by atoms with E-state index in [4.69, 9.17) is 0 Å². The van der Waals surface area contributed by atoms with E-state index in [0.717, 1.165) is 0 Å². The number of nitrogens with zero attached hydrogens (tertiary/aromatic N) is 4. The Morgan fingerprint density at radius 1 is 1.50 bits per heavy atom. The lowest BCUT2D eigenvalue weighted by Crippen LogP contribution is -2.49. The molecule has 0 saturated carbocycles. The molecule has 1 aliphatic heterocycles. The highest BCUT2D eigenvalue weighted by atomic mass is 35.5. The summed E-state index contributed by atoms with van der Waals surface area (Å²) >= 11 is 0. The summed E-state index contributed by atoms with van der Waals surface area (Å²) in [6.45, 7) is 3.22. The Morgan fingerprint density at radius 3 is 2.92 bits per heavy atom. The van der Waals surface area contributed by atoms with Crippen LogP contribution in [-0.4, -0.2) is 44.9 Å². The molecule has 0 bridgehead atoms. The number of amides is 1. The highest BCUT2D eigenvalue weighted by molar-refractivity contribution is 5.85. The molecule has 2 aromatic rings. The first-order chi connectivity index (χ1) is 12.0. The zero-order valence-corrected chi connectivity index (χ0v) is 14.9. The van der Waals surface area contributed by atoms with E-state index in [9.17, 15) is 19.3 Å². The second kappa shape index (κ2) is 8.24. The molecule has 140 valence electrons. The second-order valence-corrected chi connectivity index (χ2v) is 5.89. The molecule has 1 saturated heterocycles. The average Bonchev–Trinajstić information content (AvgIpc) is 2.96. The summed E-state index contributed by atoms with van der Waals surface area (Å²) in [6, 6.07) is 5.90. The summed E-state index contributed by atoms with van der Waals surface area (Å²) in [5, 5.41) is 14.0. The fourth-order valence-corrected chi connectivity index (χ4v) is 2.99. The number of rotatable bonds is 4. The van der Waals surface area contributed by atoms with Crippen molar-refractivity contribution < 1.29 is 14.1 Å². The highest BCUT2D eigenvalue weighted by Gasteiger charge is 2.29. The molecule has 1 unspecified atom stereocenters. The van der Waals surface area contributed by atoms with Gasteiger partial charge >= 0.3 is 5.82 Å². The summed E-state index contributed by atoms with van der Waals surface area (Å²) in [7, 11) is 0. The lowest BCUT2D eigenvalue weighted by atomic mass is 10.0. The molecule has 8 nitrogen and oxygen atoms in total. The van der Waals surface area contributed by atoms with Crippen LogP contribution in [0.3, 0.4) is 0 Å². The van der Waals surface area contributed by atoms with Crippen LogP contribution in [0.4, 0.5) is 10.2 Å². The number of halogens is 2. The minimum Gasteiger partial charge on any atom is -0.358 e. The molecule has 0 radical (unpaired) electrons. The van der Waals surface area contributed by atoms with Crippen molar-refractivity contribution in [3.8, 4) is 0 Å². The zero-order chi connectivity index (χ0) is 18.0. The molecule has 1 aliphatic rings. The molecule has 26 heavy (non-hydrogen) atoms. The van der Waals surface area contributed by atoms with Crippen LogP contribution in [0, 0.1) is 22.9 Å². The molecule has 2 heterocycles. The van der Waals surface area contributed by atoms with E-state index in [1.165, 1.54) is 22.9 Å². The third-order valence-corrected chi connectivity index (χ3v) is 4.25. The Morgan fingerprint density at radius 2 is 2.27 bits per heavy atom. The molecule has 0 spiro atoms. The van der Waals surface area contributed by atoms with Crippen LogP contribution in [-0.2, 0) is 11.3 Å². The first kappa shape index (κ1) is 19.8. The van der Waals surface area contributed by atoms with Crippen LogP contribution in [0.5, 0.6) is 0 Å². The van der Waals surface area contributed by atoms with Gasteiger partial charge in [-0.1, -0.05) is 12.1 Å². The number of carbonyl (C=O) groups excluding carboxylic acids is 1. The van der Waals surface area contributed by atoms with Gasteiger partial charge in [0.15, 0.2) is 0 Å². The van der Waals surface area contributed by atoms with E-state index in [1.54, 1.807) is 24.0 Å². The van der Waals surface area contributed by atoms with Crippen molar-refractivity contribution in [1.82, 2.24) is 19.8 Å². The van der Waals surface area contributed by atoms with Crippen LogP contribution >= 0.6 is 12.4 Å². The number of nitrogens with one attached hydrogen (secondary N) is 1. The fourth-order valence-electron chi connectivity index (χ4n) is 2.99. The average molecular weight is 384 g/mol. The summed E-state index contributed by atoms with van der Waals surface area (Å²) in [5.74, 6) is -0.424. The Labute approximate surface area is 155 Å². The quantitative estimate of drug-likeness (QED) is 0.642. The number of imidazole rings is 1. The van der Waals surface area contributed by atoms with Gasteiger partial charge in [-0.05, 0) is 27.6 Å². The van der Waals surface area contributed by atoms with Crippen LogP contribution in [0.25, 0.3) is 0 Å². The Kier molecular flexibility index (Phi) is 6.27. The van der Waals surface area contributed by atoms with Gasteiger partial charge in [0, 0.05) is 26.6 Å². The predicted octanol–water partition coefficient (Wildman–Crippen LogP) is 1.83. The van der Waals surface area contributed by atoms with Crippen LogP contribution in [0.1, 0.15) is 17.4 Å². The first-order valence-corrected chi connectivity index (χ1v) is 7.89. The minimum absolute atomic E-state index is 0. The number of nitro groups is 1. The molecule has 1 N–H and O–H groups in total. The SMILES string of the molecule is Cc1nc([N+](=O)[O-])cn1CC(=O)N1CCNCC1c1cccc(F)c1.Cl. The molecule has 1 aromatic heterocycles. The molecule has 1 aromatic carbocycles. The van der Waals surface area contributed by atoms with Crippen molar-refractivity contribution in [2.75, 3.05) is 19.6 Å². The van der Waals surface area contributed by atoms with Crippen molar-refractivity contribution in [3.63, 3.8) is 0 Å². The lowest BCUT2D eigenvalue weighted by molar-refractivity contribution is -0.389. The summed E-state index contributed by atoms with van der Waals surface area (Å²) in [5.41, 5.74) is 0.717. The van der Waals surface area contributed by atoms with Gasteiger partial charge in [0.25, 0.3) is 0 Å². The maximum absolute atomic E-state index is 13.5. The molecule has 1 atom stereocenters. The van der Waals surface area contributed by atoms with Gasteiger partial charge in [0.2, 0.25) is 11.7 Å². The first-order valence-electron chi connectivity index (χ1n) is 7.89. The molecular formula is C16H19ClFN5O3. The van der Waals surface area contributed by atoms with Gasteiger partial charge in [-0.15, -0.1) is 12.4 Å². The number of aryl methyl sites for hydroxylation is 1. The van der Waals surface area contributed by atoms with Gasteiger partial charge in [-0.3, -0.25) is 9.36 Å². The third kappa shape index (κ3) is 4.17. The van der Waals surface area contributed by atoms with E-state index in [-0.39, 0.29) is 42.5 Å². The zero-order valence-electron chi connectivity index (χ0n) is 14.1. The largest absolute Gasteiger partial charge is 0.381 e.